The predicted molar refractivity (Wildman–Crippen MR) is 103 cm³/mol. The van der Waals surface area contributed by atoms with Crippen LogP contribution >= 0.6 is 0 Å². The number of nitrogens with zero attached hydrogens (tertiary/aromatic N) is 1. The summed E-state index contributed by atoms with van der Waals surface area (Å²) in [6.45, 7) is 3.78. The minimum absolute atomic E-state index is 0.00941. The number of nitrogens with one attached hydrogen (secondary N) is 1. The Hall–Kier alpha value is -1.74. The molecule has 1 aliphatic carbocycles. The molecular formula is C21H29FN2O5. The van der Waals surface area contributed by atoms with Gasteiger partial charge in [0, 0.05) is 44.7 Å². The van der Waals surface area contributed by atoms with Gasteiger partial charge in [0.2, 0.25) is 5.91 Å². The van der Waals surface area contributed by atoms with Crippen LogP contribution in [0.15, 0.2) is 24.3 Å². The van der Waals surface area contributed by atoms with Gasteiger partial charge in [0.25, 0.3) is 0 Å². The zero-order chi connectivity index (χ0) is 20.2. The fourth-order valence-electron chi connectivity index (χ4n) is 4.57. The lowest BCUT2D eigenvalue weighted by Gasteiger charge is -2.37. The summed E-state index contributed by atoms with van der Waals surface area (Å²) in [6.07, 6.45) is 0.578. The topological polar surface area (TPSA) is 80.3 Å². The zero-order valence-corrected chi connectivity index (χ0v) is 16.5. The molecule has 160 valence electrons. The van der Waals surface area contributed by atoms with E-state index in [9.17, 15) is 14.3 Å². The number of halogens is 1. The lowest BCUT2D eigenvalue weighted by Crippen LogP contribution is -2.57. The van der Waals surface area contributed by atoms with Crippen molar-refractivity contribution in [3.8, 4) is 5.75 Å². The molecule has 4 rings (SSSR count). The first-order chi connectivity index (χ1) is 14.1. The molecule has 1 amide bonds. The zero-order valence-electron chi connectivity index (χ0n) is 16.5. The van der Waals surface area contributed by atoms with Crippen molar-refractivity contribution < 1.29 is 28.5 Å². The number of aliphatic hydroxyl groups is 1. The van der Waals surface area contributed by atoms with E-state index in [4.69, 9.17) is 14.2 Å². The Morgan fingerprint density at radius 2 is 1.90 bits per heavy atom. The summed E-state index contributed by atoms with van der Waals surface area (Å²) < 4.78 is 30.3. The number of ether oxygens (including phenoxy) is 3. The Morgan fingerprint density at radius 3 is 2.62 bits per heavy atom. The molecule has 3 fully saturated rings. The highest BCUT2D eigenvalue weighted by Gasteiger charge is 2.48. The molecule has 2 N–H and O–H groups in total. The lowest BCUT2D eigenvalue weighted by molar-refractivity contribution is -0.129. The number of amides is 1. The fraction of sp³-hybridized carbons (Fsp3) is 0.667. The van der Waals surface area contributed by atoms with Crippen LogP contribution in [-0.4, -0.2) is 79.7 Å². The first-order valence-corrected chi connectivity index (χ1v) is 10.4. The third-order valence-corrected chi connectivity index (χ3v) is 6.10. The largest absolute Gasteiger partial charge is 0.487 e. The predicted octanol–water partition coefficient (Wildman–Crippen LogP) is 0.950. The monoisotopic (exact) mass is 408 g/mol. The van der Waals surface area contributed by atoms with E-state index in [0.717, 1.165) is 0 Å². The van der Waals surface area contributed by atoms with Crippen LogP contribution < -0.4 is 10.1 Å². The van der Waals surface area contributed by atoms with Crippen LogP contribution in [-0.2, 0) is 14.3 Å². The molecule has 0 spiro atoms. The van der Waals surface area contributed by atoms with Crippen molar-refractivity contribution in [2.45, 2.75) is 43.6 Å². The number of benzene rings is 1. The third-order valence-electron chi connectivity index (χ3n) is 6.10. The first-order valence-electron chi connectivity index (χ1n) is 10.4. The van der Waals surface area contributed by atoms with Crippen molar-refractivity contribution >= 4 is 5.91 Å². The molecule has 1 aromatic rings. The highest BCUT2D eigenvalue weighted by atomic mass is 19.1. The molecule has 1 saturated carbocycles. The summed E-state index contributed by atoms with van der Waals surface area (Å²) in [5, 5.41) is 14.2. The van der Waals surface area contributed by atoms with Gasteiger partial charge in [-0.15, -0.1) is 0 Å². The first kappa shape index (κ1) is 20.5. The quantitative estimate of drug-likeness (QED) is 0.755. The summed E-state index contributed by atoms with van der Waals surface area (Å²) in [4.78, 5) is 15.0. The molecule has 8 heteroatoms. The SMILES string of the molecule is O=C(N[C@@H]1C[C@@H](Oc2cccc(F)c2)[C@H](O)[C@H]1N1CCOCC1)C1CCOCC1. The van der Waals surface area contributed by atoms with Crippen molar-refractivity contribution in [2.24, 2.45) is 5.92 Å². The highest BCUT2D eigenvalue weighted by Crippen LogP contribution is 2.30. The number of aliphatic hydroxyl groups excluding tert-OH is 1. The number of morpholine rings is 1. The molecule has 2 aliphatic heterocycles. The third kappa shape index (κ3) is 4.88. The van der Waals surface area contributed by atoms with E-state index in [-0.39, 0.29) is 29.7 Å². The average Bonchev–Trinajstić information content (AvgIpc) is 3.04. The Balaban J connectivity index is 1.48. The molecule has 1 aromatic carbocycles. The van der Waals surface area contributed by atoms with Crippen LogP contribution in [0, 0.1) is 11.7 Å². The van der Waals surface area contributed by atoms with Gasteiger partial charge < -0.3 is 24.6 Å². The van der Waals surface area contributed by atoms with Gasteiger partial charge in [0.05, 0.1) is 25.3 Å². The summed E-state index contributed by atoms with van der Waals surface area (Å²) in [5.41, 5.74) is 0. The maximum Gasteiger partial charge on any atom is 0.223 e. The molecule has 4 atom stereocenters. The maximum atomic E-state index is 13.5. The molecular weight excluding hydrogens is 379 g/mol. The van der Waals surface area contributed by atoms with E-state index in [1.807, 2.05) is 0 Å². The summed E-state index contributed by atoms with van der Waals surface area (Å²) >= 11 is 0. The Kier molecular flexibility index (Phi) is 6.64. The molecule has 0 unspecified atom stereocenters. The van der Waals surface area contributed by atoms with Gasteiger partial charge in [-0.3, -0.25) is 9.69 Å². The second-order valence-corrected chi connectivity index (χ2v) is 7.98. The van der Waals surface area contributed by atoms with Gasteiger partial charge in [-0.2, -0.15) is 0 Å². The van der Waals surface area contributed by atoms with E-state index < -0.39 is 12.2 Å². The molecule has 3 aliphatic rings. The van der Waals surface area contributed by atoms with Gasteiger partial charge in [-0.25, -0.2) is 4.39 Å². The fourth-order valence-corrected chi connectivity index (χ4v) is 4.57. The van der Waals surface area contributed by atoms with Crippen LogP contribution in [0.4, 0.5) is 4.39 Å². The van der Waals surface area contributed by atoms with Gasteiger partial charge in [0.15, 0.2) is 0 Å². The highest BCUT2D eigenvalue weighted by molar-refractivity contribution is 5.79. The second-order valence-electron chi connectivity index (χ2n) is 7.98. The molecule has 0 radical (unpaired) electrons. The lowest BCUT2D eigenvalue weighted by atomic mass is 9.98. The van der Waals surface area contributed by atoms with Gasteiger partial charge >= 0.3 is 0 Å². The number of hydrogen-bond acceptors (Lipinski definition) is 6. The maximum absolute atomic E-state index is 13.5. The number of carbonyl (C=O) groups is 1. The van der Waals surface area contributed by atoms with E-state index in [0.29, 0.717) is 64.5 Å². The van der Waals surface area contributed by atoms with Crippen LogP contribution in [0.5, 0.6) is 5.75 Å². The molecule has 0 bridgehead atoms. The van der Waals surface area contributed by atoms with Crippen molar-refractivity contribution in [2.75, 3.05) is 39.5 Å². The molecule has 0 aromatic heterocycles. The average molecular weight is 408 g/mol. The number of rotatable bonds is 5. The van der Waals surface area contributed by atoms with Crippen molar-refractivity contribution in [1.82, 2.24) is 10.2 Å². The summed E-state index contributed by atoms with van der Waals surface area (Å²) in [7, 11) is 0. The number of hydrogen-bond donors (Lipinski definition) is 2. The normalized spacial score (nSPS) is 31.5. The van der Waals surface area contributed by atoms with Crippen LogP contribution in [0.1, 0.15) is 19.3 Å². The van der Waals surface area contributed by atoms with Crippen LogP contribution in [0.3, 0.4) is 0 Å². The number of carbonyl (C=O) groups excluding carboxylic acids is 1. The van der Waals surface area contributed by atoms with Crippen LogP contribution in [0.25, 0.3) is 0 Å². The van der Waals surface area contributed by atoms with Crippen LogP contribution in [0.2, 0.25) is 0 Å². The van der Waals surface area contributed by atoms with Gasteiger partial charge in [0.1, 0.15) is 23.8 Å². The minimum atomic E-state index is -0.795. The van der Waals surface area contributed by atoms with Gasteiger partial charge in [-0.05, 0) is 25.0 Å². The molecule has 2 heterocycles. The Bertz CT molecular complexity index is 693. The van der Waals surface area contributed by atoms with E-state index in [1.54, 1.807) is 12.1 Å². The second kappa shape index (κ2) is 9.38. The van der Waals surface area contributed by atoms with E-state index in [2.05, 4.69) is 10.2 Å². The van der Waals surface area contributed by atoms with Crippen molar-refractivity contribution in [1.29, 1.82) is 0 Å². The Morgan fingerprint density at radius 1 is 1.17 bits per heavy atom. The molecule has 7 nitrogen and oxygen atoms in total. The van der Waals surface area contributed by atoms with E-state index in [1.165, 1.54) is 12.1 Å². The van der Waals surface area contributed by atoms with Crippen molar-refractivity contribution in [3.63, 3.8) is 0 Å². The smallest absolute Gasteiger partial charge is 0.223 e. The summed E-state index contributed by atoms with van der Waals surface area (Å²) in [5.74, 6) is -0.0557. The molecule has 29 heavy (non-hydrogen) atoms. The minimum Gasteiger partial charge on any atom is -0.487 e. The van der Waals surface area contributed by atoms with E-state index >= 15 is 0 Å². The molecule has 2 saturated heterocycles. The summed E-state index contributed by atoms with van der Waals surface area (Å²) in [6, 6.07) is 5.41. The van der Waals surface area contributed by atoms with Gasteiger partial charge in [-0.1, -0.05) is 6.07 Å². The van der Waals surface area contributed by atoms with Crippen molar-refractivity contribution in [3.05, 3.63) is 30.1 Å². The standard InChI is InChI=1S/C21H29FN2O5/c22-15-2-1-3-16(12-15)29-18-13-17(23-21(26)14-4-8-27-9-5-14)19(20(18)25)24-6-10-28-11-7-24/h1-3,12,14,17-20,25H,4-11,13H2,(H,23,26)/t17-,18-,19+,20+/m1/s1. The Labute approximate surface area is 170 Å².